The first kappa shape index (κ1) is 19.9. The lowest BCUT2D eigenvalue weighted by molar-refractivity contribution is 0.271. The van der Waals surface area contributed by atoms with Crippen molar-refractivity contribution < 1.29 is 14.2 Å². The monoisotopic (exact) mass is 430 g/mol. The molecule has 1 aliphatic carbocycles. The molecule has 162 valence electrons. The van der Waals surface area contributed by atoms with Gasteiger partial charge in [0.2, 0.25) is 0 Å². The lowest BCUT2D eigenvalue weighted by atomic mass is 10.1. The first-order valence-corrected chi connectivity index (χ1v) is 10.3. The summed E-state index contributed by atoms with van der Waals surface area (Å²) in [6.07, 6.45) is 6.98. The van der Waals surface area contributed by atoms with E-state index < -0.39 is 0 Å². The highest BCUT2D eigenvalue weighted by molar-refractivity contribution is 5.47. The van der Waals surface area contributed by atoms with E-state index in [1.807, 2.05) is 0 Å². The van der Waals surface area contributed by atoms with Gasteiger partial charge in [0, 0.05) is 6.07 Å². The van der Waals surface area contributed by atoms with Crippen LogP contribution in [0.3, 0.4) is 0 Å². The molecule has 0 saturated heterocycles. The Morgan fingerprint density at radius 1 is 1.06 bits per heavy atom. The van der Waals surface area contributed by atoms with Gasteiger partial charge in [-0.1, -0.05) is 24.3 Å². The maximum absolute atomic E-state index is 12.2. The number of methoxy groups -OCH3 is 1. The average Bonchev–Trinajstić information content (AvgIpc) is 3.67. The second-order valence-corrected chi connectivity index (χ2v) is 7.70. The van der Waals surface area contributed by atoms with Crippen LogP contribution in [0, 0.1) is 0 Å². The third kappa shape index (κ3) is 4.07. The van der Waals surface area contributed by atoms with E-state index in [0.29, 0.717) is 35.4 Å². The molecule has 5 rings (SSSR count). The van der Waals surface area contributed by atoms with Gasteiger partial charge in [0.05, 0.1) is 25.7 Å². The summed E-state index contributed by atoms with van der Waals surface area (Å²) in [5.41, 5.74) is 8.29. The number of pyridine rings is 2. The first-order chi connectivity index (χ1) is 15.6. The zero-order valence-electron chi connectivity index (χ0n) is 17.5. The lowest BCUT2D eigenvalue weighted by Gasteiger charge is -2.12. The van der Waals surface area contributed by atoms with Gasteiger partial charge in [0.25, 0.3) is 11.4 Å². The standard InChI is InChI=1S/C24H22N4O4/c1-30-21-10-19(32-18-8-9-22-26-12-20(25)24(29)28(22)13-18)11-27-23(21)31-14-15-2-4-16(5-3-15)17-6-7-17/h2-5,8-13,17H,6-7,14,25H2,1H3. The predicted molar refractivity (Wildman–Crippen MR) is 119 cm³/mol. The molecule has 0 aliphatic heterocycles. The van der Waals surface area contributed by atoms with E-state index in [4.69, 9.17) is 19.9 Å². The minimum absolute atomic E-state index is 0.0617. The number of hydrogen-bond acceptors (Lipinski definition) is 7. The van der Waals surface area contributed by atoms with Gasteiger partial charge in [0.15, 0.2) is 5.75 Å². The molecule has 3 aromatic heterocycles. The van der Waals surface area contributed by atoms with E-state index in [2.05, 4.69) is 34.2 Å². The molecule has 1 fully saturated rings. The van der Waals surface area contributed by atoms with Gasteiger partial charge < -0.3 is 19.9 Å². The summed E-state index contributed by atoms with van der Waals surface area (Å²) in [4.78, 5) is 20.7. The summed E-state index contributed by atoms with van der Waals surface area (Å²) >= 11 is 0. The van der Waals surface area contributed by atoms with Gasteiger partial charge in [0.1, 0.15) is 29.4 Å². The van der Waals surface area contributed by atoms with E-state index in [1.54, 1.807) is 31.5 Å². The Hall–Kier alpha value is -4.07. The smallest absolute Gasteiger partial charge is 0.281 e. The molecule has 0 radical (unpaired) electrons. The maximum Gasteiger partial charge on any atom is 0.281 e. The highest BCUT2D eigenvalue weighted by atomic mass is 16.5. The number of anilines is 1. The molecular weight excluding hydrogens is 408 g/mol. The molecule has 0 unspecified atom stereocenters. The number of aromatic nitrogens is 3. The molecule has 0 spiro atoms. The SMILES string of the molecule is COc1cc(Oc2ccc3ncc(N)c(=O)n3c2)cnc1OCc1ccc(C2CC2)cc1. The zero-order valence-corrected chi connectivity index (χ0v) is 17.5. The summed E-state index contributed by atoms with van der Waals surface area (Å²) in [5.74, 6) is 2.42. The number of ether oxygens (including phenoxy) is 3. The number of nitrogens with zero attached hydrogens (tertiary/aromatic N) is 3. The number of fused-ring (bicyclic) bond motifs is 1. The van der Waals surface area contributed by atoms with E-state index in [0.717, 1.165) is 11.5 Å². The highest BCUT2D eigenvalue weighted by Gasteiger charge is 2.23. The van der Waals surface area contributed by atoms with Crippen molar-refractivity contribution in [3.63, 3.8) is 0 Å². The molecular formula is C24H22N4O4. The van der Waals surface area contributed by atoms with E-state index in [-0.39, 0.29) is 11.2 Å². The van der Waals surface area contributed by atoms with Crippen molar-refractivity contribution >= 4 is 11.3 Å². The molecule has 3 heterocycles. The number of nitrogen functional groups attached to an aromatic ring is 1. The van der Waals surface area contributed by atoms with Gasteiger partial charge in [-0.2, -0.15) is 0 Å². The minimum Gasteiger partial charge on any atom is -0.491 e. The van der Waals surface area contributed by atoms with Crippen LogP contribution in [-0.4, -0.2) is 21.5 Å². The fourth-order valence-corrected chi connectivity index (χ4v) is 3.45. The van der Waals surface area contributed by atoms with Crippen molar-refractivity contribution in [2.24, 2.45) is 0 Å². The number of rotatable bonds is 7. The predicted octanol–water partition coefficient (Wildman–Crippen LogP) is 3.93. The molecule has 32 heavy (non-hydrogen) atoms. The summed E-state index contributed by atoms with van der Waals surface area (Å²) in [7, 11) is 1.54. The summed E-state index contributed by atoms with van der Waals surface area (Å²) in [5, 5.41) is 0. The van der Waals surface area contributed by atoms with Crippen LogP contribution in [0.4, 0.5) is 5.69 Å². The largest absolute Gasteiger partial charge is 0.491 e. The van der Waals surface area contributed by atoms with Crippen molar-refractivity contribution in [2.45, 2.75) is 25.4 Å². The Kier molecular flexibility index (Phi) is 5.10. The van der Waals surface area contributed by atoms with Gasteiger partial charge in [-0.3, -0.25) is 9.20 Å². The summed E-state index contributed by atoms with van der Waals surface area (Å²) in [6, 6.07) is 13.6. The second kappa shape index (κ2) is 8.22. The third-order valence-corrected chi connectivity index (χ3v) is 5.35. The van der Waals surface area contributed by atoms with Crippen LogP contribution in [0.2, 0.25) is 0 Å². The topological polar surface area (TPSA) is 101 Å². The van der Waals surface area contributed by atoms with Gasteiger partial charge in [-0.05, 0) is 42.0 Å². The molecule has 1 aliphatic rings. The van der Waals surface area contributed by atoms with Gasteiger partial charge in [-0.25, -0.2) is 9.97 Å². The second-order valence-electron chi connectivity index (χ2n) is 7.70. The molecule has 0 amide bonds. The highest BCUT2D eigenvalue weighted by Crippen LogP contribution is 2.40. The van der Waals surface area contributed by atoms with Crippen LogP contribution in [0.1, 0.15) is 29.9 Å². The molecule has 1 saturated carbocycles. The summed E-state index contributed by atoms with van der Waals surface area (Å²) in [6.45, 7) is 0.385. The van der Waals surface area contributed by atoms with Gasteiger partial charge >= 0.3 is 0 Å². The van der Waals surface area contributed by atoms with E-state index in [9.17, 15) is 4.79 Å². The van der Waals surface area contributed by atoms with Gasteiger partial charge in [-0.15, -0.1) is 0 Å². The van der Waals surface area contributed by atoms with Crippen molar-refractivity contribution in [1.82, 2.24) is 14.4 Å². The minimum atomic E-state index is -0.356. The number of nitrogens with two attached hydrogens (primary N) is 1. The first-order valence-electron chi connectivity index (χ1n) is 10.3. The van der Waals surface area contributed by atoms with Crippen LogP contribution >= 0.6 is 0 Å². The Labute approximate surface area is 184 Å². The third-order valence-electron chi connectivity index (χ3n) is 5.35. The number of hydrogen-bond donors (Lipinski definition) is 1. The number of benzene rings is 1. The average molecular weight is 430 g/mol. The van der Waals surface area contributed by atoms with Crippen LogP contribution in [0.5, 0.6) is 23.1 Å². The van der Waals surface area contributed by atoms with Crippen molar-refractivity contribution in [2.75, 3.05) is 12.8 Å². The fraction of sp³-hybridized carbons (Fsp3) is 0.208. The Bertz CT molecular complexity index is 1330. The molecule has 8 nitrogen and oxygen atoms in total. The molecule has 2 N–H and O–H groups in total. The van der Waals surface area contributed by atoms with Crippen LogP contribution in [0.25, 0.3) is 5.65 Å². The maximum atomic E-state index is 12.2. The van der Waals surface area contributed by atoms with Crippen molar-refractivity contribution in [3.05, 3.63) is 82.5 Å². The van der Waals surface area contributed by atoms with E-state index in [1.165, 1.54) is 35.2 Å². The lowest BCUT2D eigenvalue weighted by Crippen LogP contribution is -2.18. The molecule has 4 aromatic rings. The van der Waals surface area contributed by atoms with Crippen LogP contribution < -0.4 is 25.5 Å². The normalized spacial score (nSPS) is 13.2. The zero-order chi connectivity index (χ0) is 22.1. The Morgan fingerprint density at radius 2 is 1.88 bits per heavy atom. The fourth-order valence-electron chi connectivity index (χ4n) is 3.45. The molecule has 0 atom stereocenters. The molecule has 8 heteroatoms. The van der Waals surface area contributed by atoms with Crippen molar-refractivity contribution in [1.29, 1.82) is 0 Å². The van der Waals surface area contributed by atoms with Crippen LogP contribution in [-0.2, 0) is 6.61 Å². The Morgan fingerprint density at radius 3 is 2.62 bits per heavy atom. The Balaban J connectivity index is 1.31. The molecule has 0 bridgehead atoms. The van der Waals surface area contributed by atoms with Crippen LogP contribution in [0.15, 0.2) is 65.8 Å². The summed E-state index contributed by atoms with van der Waals surface area (Å²) < 4.78 is 18.5. The van der Waals surface area contributed by atoms with E-state index >= 15 is 0 Å². The van der Waals surface area contributed by atoms with Crippen molar-refractivity contribution in [3.8, 4) is 23.1 Å². The molecule has 1 aromatic carbocycles. The quantitative estimate of drug-likeness (QED) is 0.474.